The molecule has 1 N–H and O–H groups in total. The Morgan fingerprint density at radius 1 is 0.944 bits per heavy atom. The number of rotatable bonds is 4. The van der Waals surface area contributed by atoms with E-state index in [4.69, 9.17) is 0 Å². The molecule has 2 aromatic carbocycles. The fraction of sp³-hybridized carbons (Fsp3) is 0.200. The van der Waals surface area contributed by atoms with Crippen molar-refractivity contribution >= 4 is 31.9 Å². The molecule has 0 spiro atoms. The zero-order valence-electron chi connectivity index (χ0n) is 9.81. The molecule has 0 saturated heterocycles. The lowest BCUT2D eigenvalue weighted by Gasteiger charge is -2.12. The van der Waals surface area contributed by atoms with Gasteiger partial charge in [0.05, 0.1) is 6.10 Å². The largest absolute Gasteiger partial charge is 0.388 e. The Balaban J connectivity index is 1.99. The SMILES string of the molecule is OC(CCc1ccccc1)c1ccc(Br)c(Br)c1. The van der Waals surface area contributed by atoms with Crippen LogP contribution in [0.3, 0.4) is 0 Å². The minimum atomic E-state index is -0.422. The number of halogens is 2. The van der Waals surface area contributed by atoms with Gasteiger partial charge in [-0.15, -0.1) is 0 Å². The van der Waals surface area contributed by atoms with E-state index >= 15 is 0 Å². The first-order valence-corrected chi connectivity index (χ1v) is 7.42. The maximum atomic E-state index is 10.2. The highest BCUT2D eigenvalue weighted by Crippen LogP contribution is 2.28. The van der Waals surface area contributed by atoms with Gasteiger partial charge in [0.25, 0.3) is 0 Å². The molecule has 0 fully saturated rings. The smallest absolute Gasteiger partial charge is 0.0793 e. The van der Waals surface area contributed by atoms with E-state index in [1.807, 2.05) is 36.4 Å². The highest BCUT2D eigenvalue weighted by Gasteiger charge is 2.09. The lowest BCUT2D eigenvalue weighted by Crippen LogP contribution is -1.99. The molecule has 2 rings (SSSR count). The van der Waals surface area contributed by atoms with E-state index in [2.05, 4.69) is 44.0 Å². The molecule has 94 valence electrons. The van der Waals surface area contributed by atoms with Crippen molar-refractivity contribution < 1.29 is 5.11 Å². The number of benzene rings is 2. The van der Waals surface area contributed by atoms with E-state index in [0.717, 1.165) is 27.4 Å². The molecule has 0 aromatic heterocycles. The van der Waals surface area contributed by atoms with E-state index in [1.54, 1.807) is 0 Å². The van der Waals surface area contributed by atoms with Crippen LogP contribution in [0.2, 0.25) is 0 Å². The lowest BCUT2D eigenvalue weighted by atomic mass is 10.0. The first-order valence-electron chi connectivity index (χ1n) is 5.84. The lowest BCUT2D eigenvalue weighted by molar-refractivity contribution is 0.168. The number of hydrogen-bond acceptors (Lipinski definition) is 1. The molecule has 2 aromatic rings. The topological polar surface area (TPSA) is 20.2 Å². The zero-order valence-corrected chi connectivity index (χ0v) is 13.0. The normalized spacial score (nSPS) is 12.4. The maximum Gasteiger partial charge on any atom is 0.0793 e. The van der Waals surface area contributed by atoms with Crippen molar-refractivity contribution in [1.82, 2.24) is 0 Å². The molecule has 0 saturated carbocycles. The summed E-state index contributed by atoms with van der Waals surface area (Å²) in [6, 6.07) is 16.1. The Bertz CT molecular complexity index is 511. The molecular weight excluding hydrogens is 356 g/mol. The van der Waals surface area contributed by atoms with Crippen molar-refractivity contribution in [3.63, 3.8) is 0 Å². The summed E-state index contributed by atoms with van der Waals surface area (Å²) in [5.41, 5.74) is 2.20. The summed E-state index contributed by atoms with van der Waals surface area (Å²) in [6.07, 6.45) is 1.20. The van der Waals surface area contributed by atoms with Gasteiger partial charge in [0.15, 0.2) is 0 Å². The summed E-state index contributed by atoms with van der Waals surface area (Å²) in [7, 11) is 0. The molecule has 0 amide bonds. The molecule has 1 atom stereocenters. The van der Waals surface area contributed by atoms with Gasteiger partial charge in [-0.05, 0) is 68.0 Å². The summed E-state index contributed by atoms with van der Waals surface area (Å²) in [5.74, 6) is 0. The molecule has 0 heterocycles. The van der Waals surface area contributed by atoms with Crippen LogP contribution in [0.15, 0.2) is 57.5 Å². The number of aryl methyl sites for hydroxylation is 1. The van der Waals surface area contributed by atoms with Crippen molar-refractivity contribution in [3.8, 4) is 0 Å². The summed E-state index contributed by atoms with van der Waals surface area (Å²) >= 11 is 6.88. The van der Waals surface area contributed by atoms with Gasteiger partial charge in [0, 0.05) is 8.95 Å². The predicted octanol–water partition coefficient (Wildman–Crippen LogP) is 4.88. The predicted molar refractivity (Wildman–Crippen MR) is 81.6 cm³/mol. The summed E-state index contributed by atoms with van der Waals surface area (Å²) in [4.78, 5) is 0. The monoisotopic (exact) mass is 368 g/mol. The third-order valence-corrected chi connectivity index (χ3v) is 4.76. The van der Waals surface area contributed by atoms with Crippen molar-refractivity contribution in [3.05, 3.63) is 68.6 Å². The van der Waals surface area contributed by atoms with Crippen molar-refractivity contribution in [1.29, 1.82) is 0 Å². The second-order valence-electron chi connectivity index (χ2n) is 4.21. The van der Waals surface area contributed by atoms with Crippen LogP contribution in [0.4, 0.5) is 0 Å². The first-order chi connectivity index (χ1) is 8.66. The molecule has 1 unspecified atom stereocenters. The molecule has 0 aliphatic rings. The van der Waals surface area contributed by atoms with Crippen LogP contribution in [0.25, 0.3) is 0 Å². The van der Waals surface area contributed by atoms with Crippen LogP contribution in [-0.2, 0) is 6.42 Å². The van der Waals surface area contributed by atoms with Crippen molar-refractivity contribution in [2.45, 2.75) is 18.9 Å². The minimum Gasteiger partial charge on any atom is -0.388 e. The zero-order chi connectivity index (χ0) is 13.0. The first kappa shape index (κ1) is 13.8. The van der Waals surface area contributed by atoms with Gasteiger partial charge >= 0.3 is 0 Å². The average molecular weight is 370 g/mol. The van der Waals surface area contributed by atoms with Gasteiger partial charge in [-0.3, -0.25) is 0 Å². The molecule has 0 aliphatic heterocycles. The quantitative estimate of drug-likeness (QED) is 0.814. The molecule has 18 heavy (non-hydrogen) atoms. The second kappa shape index (κ2) is 6.50. The van der Waals surface area contributed by atoms with Crippen LogP contribution in [-0.4, -0.2) is 5.11 Å². The Hall–Kier alpha value is -0.640. The summed E-state index contributed by atoms with van der Waals surface area (Å²) in [6.45, 7) is 0. The van der Waals surface area contributed by atoms with Gasteiger partial charge in [-0.2, -0.15) is 0 Å². The molecule has 0 radical (unpaired) electrons. The Morgan fingerprint density at radius 2 is 1.67 bits per heavy atom. The number of aliphatic hydroxyl groups excluding tert-OH is 1. The standard InChI is InChI=1S/C15H14Br2O/c16-13-8-7-12(10-14(13)17)15(18)9-6-11-4-2-1-3-5-11/h1-5,7-8,10,15,18H,6,9H2. The van der Waals surface area contributed by atoms with E-state index in [0.29, 0.717) is 0 Å². The van der Waals surface area contributed by atoms with Gasteiger partial charge in [0.1, 0.15) is 0 Å². The molecule has 1 nitrogen and oxygen atoms in total. The average Bonchev–Trinajstić information content (AvgIpc) is 2.40. The highest BCUT2D eigenvalue weighted by atomic mass is 79.9. The molecule has 0 aliphatic carbocycles. The van der Waals surface area contributed by atoms with E-state index in [9.17, 15) is 5.11 Å². The van der Waals surface area contributed by atoms with Gasteiger partial charge in [-0.1, -0.05) is 36.4 Å². The van der Waals surface area contributed by atoms with E-state index < -0.39 is 6.10 Å². The van der Waals surface area contributed by atoms with Crippen molar-refractivity contribution in [2.24, 2.45) is 0 Å². The van der Waals surface area contributed by atoms with Crippen LogP contribution >= 0.6 is 31.9 Å². The fourth-order valence-corrected chi connectivity index (χ4v) is 2.48. The summed E-state index contributed by atoms with van der Waals surface area (Å²) in [5, 5.41) is 10.2. The van der Waals surface area contributed by atoms with Gasteiger partial charge in [0.2, 0.25) is 0 Å². The second-order valence-corrected chi connectivity index (χ2v) is 5.92. The Morgan fingerprint density at radius 3 is 2.33 bits per heavy atom. The van der Waals surface area contributed by atoms with E-state index in [-0.39, 0.29) is 0 Å². The number of hydrogen-bond donors (Lipinski definition) is 1. The third-order valence-electron chi connectivity index (χ3n) is 2.88. The number of aliphatic hydroxyl groups is 1. The fourth-order valence-electron chi connectivity index (χ4n) is 1.83. The van der Waals surface area contributed by atoms with Crippen LogP contribution in [0.1, 0.15) is 23.7 Å². The van der Waals surface area contributed by atoms with Crippen molar-refractivity contribution in [2.75, 3.05) is 0 Å². The third kappa shape index (κ3) is 3.67. The summed E-state index contributed by atoms with van der Waals surface area (Å²) < 4.78 is 1.97. The maximum absolute atomic E-state index is 10.2. The Kier molecular flexibility index (Phi) is 4.98. The van der Waals surface area contributed by atoms with Gasteiger partial charge in [-0.25, -0.2) is 0 Å². The van der Waals surface area contributed by atoms with Crippen LogP contribution < -0.4 is 0 Å². The Labute approximate surface area is 124 Å². The molecule has 3 heteroatoms. The van der Waals surface area contributed by atoms with E-state index in [1.165, 1.54) is 5.56 Å². The molecule has 0 bridgehead atoms. The molecular formula is C15H14Br2O. The minimum absolute atomic E-state index is 0.422. The highest BCUT2D eigenvalue weighted by molar-refractivity contribution is 9.13. The van der Waals surface area contributed by atoms with Crippen LogP contribution in [0, 0.1) is 0 Å². The van der Waals surface area contributed by atoms with Crippen LogP contribution in [0.5, 0.6) is 0 Å². The van der Waals surface area contributed by atoms with Gasteiger partial charge < -0.3 is 5.11 Å².